The Morgan fingerprint density at radius 1 is 1.24 bits per heavy atom. The summed E-state index contributed by atoms with van der Waals surface area (Å²) in [5, 5.41) is 14.4. The third-order valence-electron chi connectivity index (χ3n) is 3.67. The van der Waals surface area contributed by atoms with Crippen LogP contribution in [-0.2, 0) is 9.53 Å². The molecule has 21 heavy (non-hydrogen) atoms. The van der Waals surface area contributed by atoms with Crippen molar-refractivity contribution in [2.45, 2.75) is 52.5 Å². The standard InChI is InChI=1S/C15H30N2O4/c1-5-13(10-21-4)17-15(20)16-9-8-12(11(2)3)6-7-14(18)19/h11-13H,5-10H2,1-4H3,(H,18,19)(H2,16,17,20). The number of carboxylic acid groups (broad SMARTS) is 1. The van der Waals surface area contributed by atoms with Gasteiger partial charge in [-0.15, -0.1) is 0 Å². The summed E-state index contributed by atoms with van der Waals surface area (Å²) in [5.74, 6) is -0.0508. The van der Waals surface area contributed by atoms with Crippen LogP contribution in [0.3, 0.4) is 0 Å². The van der Waals surface area contributed by atoms with Crippen molar-refractivity contribution < 1.29 is 19.4 Å². The lowest BCUT2D eigenvalue weighted by molar-refractivity contribution is -0.137. The predicted octanol–water partition coefficient (Wildman–Crippen LogP) is 2.24. The largest absolute Gasteiger partial charge is 0.481 e. The van der Waals surface area contributed by atoms with Crippen molar-refractivity contribution in [3.05, 3.63) is 0 Å². The number of rotatable bonds is 11. The van der Waals surface area contributed by atoms with E-state index in [4.69, 9.17) is 9.84 Å². The minimum atomic E-state index is -0.767. The van der Waals surface area contributed by atoms with Gasteiger partial charge in [-0.05, 0) is 31.1 Å². The van der Waals surface area contributed by atoms with Crippen molar-refractivity contribution in [3.63, 3.8) is 0 Å². The fourth-order valence-corrected chi connectivity index (χ4v) is 2.19. The van der Waals surface area contributed by atoms with Crippen LogP contribution in [0.1, 0.15) is 46.5 Å². The van der Waals surface area contributed by atoms with E-state index in [1.54, 1.807) is 7.11 Å². The summed E-state index contributed by atoms with van der Waals surface area (Å²) < 4.78 is 5.03. The molecule has 0 heterocycles. The molecule has 0 aromatic rings. The van der Waals surface area contributed by atoms with E-state index >= 15 is 0 Å². The third kappa shape index (κ3) is 10.1. The number of methoxy groups -OCH3 is 1. The molecule has 3 N–H and O–H groups in total. The third-order valence-corrected chi connectivity index (χ3v) is 3.67. The molecular formula is C15H30N2O4. The highest BCUT2D eigenvalue weighted by Crippen LogP contribution is 2.20. The van der Waals surface area contributed by atoms with Crippen LogP contribution >= 0.6 is 0 Å². The van der Waals surface area contributed by atoms with Crippen LogP contribution in [0.25, 0.3) is 0 Å². The van der Waals surface area contributed by atoms with Gasteiger partial charge in [-0.3, -0.25) is 4.79 Å². The number of hydrogen-bond donors (Lipinski definition) is 3. The van der Waals surface area contributed by atoms with Crippen molar-refractivity contribution in [1.29, 1.82) is 0 Å². The van der Waals surface area contributed by atoms with Gasteiger partial charge < -0.3 is 20.5 Å². The van der Waals surface area contributed by atoms with Crippen molar-refractivity contribution in [3.8, 4) is 0 Å². The fraction of sp³-hybridized carbons (Fsp3) is 0.867. The molecule has 2 unspecified atom stereocenters. The molecule has 124 valence electrons. The molecule has 0 aromatic heterocycles. The topological polar surface area (TPSA) is 87.7 Å². The molecule has 6 nitrogen and oxygen atoms in total. The van der Waals surface area contributed by atoms with Crippen molar-refractivity contribution in [2.24, 2.45) is 11.8 Å². The van der Waals surface area contributed by atoms with E-state index in [1.807, 2.05) is 6.92 Å². The Morgan fingerprint density at radius 3 is 2.38 bits per heavy atom. The first-order chi connectivity index (χ1) is 9.90. The molecule has 0 saturated carbocycles. The summed E-state index contributed by atoms with van der Waals surface area (Å²) in [7, 11) is 1.61. The summed E-state index contributed by atoms with van der Waals surface area (Å²) in [4.78, 5) is 22.4. The van der Waals surface area contributed by atoms with Gasteiger partial charge in [-0.2, -0.15) is 0 Å². The van der Waals surface area contributed by atoms with Crippen molar-refractivity contribution in [1.82, 2.24) is 10.6 Å². The van der Waals surface area contributed by atoms with Gasteiger partial charge in [0, 0.05) is 20.1 Å². The number of urea groups is 1. The van der Waals surface area contributed by atoms with Gasteiger partial charge in [0.15, 0.2) is 0 Å². The Balaban J connectivity index is 4.01. The summed E-state index contributed by atoms with van der Waals surface area (Å²) in [5.41, 5.74) is 0. The Bertz CT molecular complexity index is 308. The van der Waals surface area contributed by atoms with Gasteiger partial charge >= 0.3 is 12.0 Å². The average Bonchev–Trinajstić information content (AvgIpc) is 2.41. The molecule has 0 bridgehead atoms. The second-order valence-corrected chi connectivity index (χ2v) is 5.69. The second kappa shape index (κ2) is 11.4. The fourth-order valence-electron chi connectivity index (χ4n) is 2.19. The second-order valence-electron chi connectivity index (χ2n) is 5.69. The number of hydrogen-bond acceptors (Lipinski definition) is 3. The number of carbonyl (C=O) groups is 2. The Kier molecular flexibility index (Phi) is 10.7. The number of carbonyl (C=O) groups excluding carboxylic acids is 1. The highest BCUT2D eigenvalue weighted by molar-refractivity contribution is 5.74. The van der Waals surface area contributed by atoms with Gasteiger partial charge in [0.25, 0.3) is 0 Å². The Hall–Kier alpha value is -1.30. The molecule has 0 radical (unpaired) electrons. The quantitative estimate of drug-likeness (QED) is 0.546. The normalized spacial score (nSPS) is 13.8. The zero-order valence-electron chi connectivity index (χ0n) is 13.6. The molecule has 0 aliphatic heterocycles. The van der Waals surface area contributed by atoms with E-state index < -0.39 is 5.97 Å². The van der Waals surface area contributed by atoms with Gasteiger partial charge in [-0.25, -0.2) is 4.79 Å². The monoisotopic (exact) mass is 302 g/mol. The Morgan fingerprint density at radius 2 is 1.90 bits per heavy atom. The van der Waals surface area contributed by atoms with Crippen LogP contribution in [0.4, 0.5) is 4.79 Å². The number of carboxylic acids is 1. The summed E-state index contributed by atoms with van der Waals surface area (Å²) in [6.07, 6.45) is 2.44. The molecule has 0 saturated heterocycles. The van der Waals surface area contributed by atoms with Crippen molar-refractivity contribution in [2.75, 3.05) is 20.3 Å². The molecule has 0 aliphatic rings. The molecule has 0 rings (SSSR count). The lowest BCUT2D eigenvalue weighted by Gasteiger charge is -2.21. The average molecular weight is 302 g/mol. The molecular weight excluding hydrogens is 272 g/mol. The zero-order chi connectivity index (χ0) is 16.3. The first-order valence-corrected chi connectivity index (χ1v) is 7.65. The lowest BCUT2D eigenvalue weighted by atomic mass is 9.88. The van der Waals surface area contributed by atoms with Crippen molar-refractivity contribution >= 4 is 12.0 Å². The number of nitrogens with one attached hydrogen (secondary N) is 2. The molecule has 0 spiro atoms. The maximum Gasteiger partial charge on any atom is 0.315 e. The predicted molar refractivity (Wildman–Crippen MR) is 82.3 cm³/mol. The van der Waals surface area contributed by atoms with Gasteiger partial charge in [0.1, 0.15) is 0 Å². The van der Waals surface area contributed by atoms with E-state index in [1.165, 1.54) is 0 Å². The molecule has 2 atom stereocenters. The van der Waals surface area contributed by atoms with Crippen LogP contribution in [0.2, 0.25) is 0 Å². The van der Waals surface area contributed by atoms with Gasteiger partial charge in [0.2, 0.25) is 0 Å². The SMILES string of the molecule is CCC(COC)NC(=O)NCCC(CCC(=O)O)C(C)C. The minimum absolute atomic E-state index is 0.0166. The van der Waals surface area contributed by atoms with Crippen LogP contribution in [0, 0.1) is 11.8 Å². The van der Waals surface area contributed by atoms with E-state index in [9.17, 15) is 9.59 Å². The first-order valence-electron chi connectivity index (χ1n) is 7.65. The van der Waals surface area contributed by atoms with E-state index in [2.05, 4.69) is 24.5 Å². The highest BCUT2D eigenvalue weighted by Gasteiger charge is 2.15. The smallest absolute Gasteiger partial charge is 0.315 e. The summed E-state index contributed by atoms with van der Waals surface area (Å²) in [6.45, 7) is 7.20. The van der Waals surface area contributed by atoms with Gasteiger partial charge in [0.05, 0.1) is 12.6 Å². The zero-order valence-corrected chi connectivity index (χ0v) is 13.6. The molecule has 0 aromatic carbocycles. The minimum Gasteiger partial charge on any atom is -0.481 e. The maximum atomic E-state index is 11.7. The van der Waals surface area contributed by atoms with Crippen LogP contribution in [0.15, 0.2) is 0 Å². The maximum absolute atomic E-state index is 11.7. The first kappa shape index (κ1) is 19.7. The van der Waals surface area contributed by atoms with E-state index in [0.717, 1.165) is 12.8 Å². The van der Waals surface area contributed by atoms with E-state index in [0.29, 0.717) is 31.4 Å². The van der Waals surface area contributed by atoms with Crippen LogP contribution in [-0.4, -0.2) is 43.4 Å². The lowest BCUT2D eigenvalue weighted by Crippen LogP contribution is -2.44. The van der Waals surface area contributed by atoms with Crippen LogP contribution in [0.5, 0.6) is 0 Å². The number of amides is 2. The van der Waals surface area contributed by atoms with Gasteiger partial charge in [-0.1, -0.05) is 20.8 Å². The molecule has 0 aliphatic carbocycles. The Labute approximate surface area is 127 Å². The molecule has 6 heteroatoms. The highest BCUT2D eigenvalue weighted by atomic mass is 16.5. The van der Waals surface area contributed by atoms with E-state index in [-0.39, 0.29) is 18.5 Å². The molecule has 2 amide bonds. The number of ether oxygens (including phenoxy) is 1. The summed E-state index contributed by atoms with van der Waals surface area (Å²) >= 11 is 0. The molecule has 0 fully saturated rings. The summed E-state index contributed by atoms with van der Waals surface area (Å²) in [6, 6.07) is -0.178. The van der Waals surface area contributed by atoms with Crippen LogP contribution < -0.4 is 10.6 Å². The number of aliphatic carboxylic acids is 1.